The number of rotatable bonds is 2. The fraction of sp³-hybridized carbons (Fsp3) is 0.500. The number of nitrogens with one attached hydrogen (secondary N) is 1. The molecule has 0 saturated carbocycles. The van der Waals surface area contributed by atoms with Gasteiger partial charge < -0.3 is 10.1 Å². The van der Waals surface area contributed by atoms with Gasteiger partial charge in [-0.05, 0) is 37.1 Å². The second-order valence-corrected chi connectivity index (χ2v) is 3.78. The highest BCUT2D eigenvalue weighted by atomic mass is 35.5. The molecule has 0 aliphatic carbocycles. The third-order valence-electron chi connectivity index (χ3n) is 2.81. The van der Waals surface area contributed by atoms with Gasteiger partial charge in [-0.3, -0.25) is 0 Å². The Hall–Kier alpha value is -0.730. The SMILES string of the molecule is COc1cccc([C@H]2CCCCN2)c1.Cl. The first kappa shape index (κ1) is 12.3. The van der Waals surface area contributed by atoms with Crippen molar-refractivity contribution >= 4 is 12.4 Å². The number of halogens is 1. The Kier molecular flexibility index (Phi) is 4.92. The van der Waals surface area contributed by atoms with Gasteiger partial charge in [0, 0.05) is 6.04 Å². The fourth-order valence-electron chi connectivity index (χ4n) is 1.99. The summed E-state index contributed by atoms with van der Waals surface area (Å²) in [4.78, 5) is 0. The van der Waals surface area contributed by atoms with Crippen molar-refractivity contribution in [3.05, 3.63) is 29.8 Å². The van der Waals surface area contributed by atoms with Crippen molar-refractivity contribution in [2.75, 3.05) is 13.7 Å². The topological polar surface area (TPSA) is 21.3 Å². The van der Waals surface area contributed by atoms with Crippen molar-refractivity contribution in [1.82, 2.24) is 5.32 Å². The van der Waals surface area contributed by atoms with E-state index in [2.05, 4.69) is 23.5 Å². The zero-order valence-electron chi connectivity index (χ0n) is 9.03. The molecule has 2 rings (SSSR count). The number of benzene rings is 1. The average molecular weight is 228 g/mol. The van der Waals surface area contributed by atoms with Gasteiger partial charge in [0.15, 0.2) is 0 Å². The molecule has 3 heteroatoms. The monoisotopic (exact) mass is 227 g/mol. The lowest BCUT2D eigenvalue weighted by Gasteiger charge is -2.24. The average Bonchev–Trinajstić information content (AvgIpc) is 2.30. The van der Waals surface area contributed by atoms with Crippen LogP contribution in [-0.4, -0.2) is 13.7 Å². The van der Waals surface area contributed by atoms with Crippen LogP contribution in [0.4, 0.5) is 0 Å². The maximum atomic E-state index is 5.22. The molecule has 0 bridgehead atoms. The maximum Gasteiger partial charge on any atom is 0.119 e. The second-order valence-electron chi connectivity index (χ2n) is 3.78. The quantitative estimate of drug-likeness (QED) is 0.839. The Bertz CT molecular complexity index is 297. The van der Waals surface area contributed by atoms with Crippen LogP contribution in [0, 0.1) is 0 Å². The Morgan fingerprint density at radius 2 is 2.20 bits per heavy atom. The summed E-state index contributed by atoms with van der Waals surface area (Å²) < 4.78 is 5.22. The summed E-state index contributed by atoms with van der Waals surface area (Å²) in [6.07, 6.45) is 3.88. The molecule has 1 fully saturated rings. The number of hydrogen-bond donors (Lipinski definition) is 1. The van der Waals surface area contributed by atoms with Crippen molar-refractivity contribution < 1.29 is 4.74 Å². The maximum absolute atomic E-state index is 5.22. The molecule has 1 atom stereocenters. The predicted molar refractivity (Wildman–Crippen MR) is 64.8 cm³/mol. The van der Waals surface area contributed by atoms with Crippen LogP contribution >= 0.6 is 12.4 Å². The third kappa shape index (κ3) is 3.11. The van der Waals surface area contributed by atoms with Crippen LogP contribution in [0.1, 0.15) is 30.9 Å². The summed E-state index contributed by atoms with van der Waals surface area (Å²) in [5.41, 5.74) is 1.35. The highest BCUT2D eigenvalue weighted by Gasteiger charge is 2.14. The summed E-state index contributed by atoms with van der Waals surface area (Å²) in [6, 6.07) is 8.88. The minimum atomic E-state index is 0. The predicted octanol–water partition coefficient (Wildman–Crippen LogP) is 2.93. The van der Waals surface area contributed by atoms with Crippen LogP contribution in [0.3, 0.4) is 0 Å². The summed E-state index contributed by atoms with van der Waals surface area (Å²) in [6.45, 7) is 1.14. The van der Waals surface area contributed by atoms with E-state index in [9.17, 15) is 0 Å². The molecular formula is C12H18ClNO. The highest BCUT2D eigenvalue weighted by Crippen LogP contribution is 2.25. The van der Waals surface area contributed by atoms with E-state index in [0.717, 1.165) is 12.3 Å². The van der Waals surface area contributed by atoms with E-state index in [1.165, 1.54) is 24.8 Å². The minimum Gasteiger partial charge on any atom is -0.497 e. The van der Waals surface area contributed by atoms with Gasteiger partial charge in [0.1, 0.15) is 5.75 Å². The first-order valence-corrected chi connectivity index (χ1v) is 5.27. The molecule has 1 aliphatic rings. The van der Waals surface area contributed by atoms with Crippen LogP contribution < -0.4 is 10.1 Å². The van der Waals surface area contributed by atoms with Gasteiger partial charge in [-0.15, -0.1) is 12.4 Å². The molecule has 84 valence electrons. The van der Waals surface area contributed by atoms with E-state index >= 15 is 0 Å². The zero-order valence-corrected chi connectivity index (χ0v) is 9.85. The Morgan fingerprint density at radius 3 is 2.87 bits per heavy atom. The van der Waals surface area contributed by atoms with Crippen molar-refractivity contribution in [3.63, 3.8) is 0 Å². The first-order valence-electron chi connectivity index (χ1n) is 5.27. The molecule has 0 aromatic heterocycles. The van der Waals surface area contributed by atoms with Gasteiger partial charge in [0.25, 0.3) is 0 Å². The van der Waals surface area contributed by atoms with Crippen LogP contribution in [-0.2, 0) is 0 Å². The Morgan fingerprint density at radius 1 is 1.33 bits per heavy atom. The molecular weight excluding hydrogens is 210 g/mol. The van der Waals surface area contributed by atoms with Gasteiger partial charge in [-0.2, -0.15) is 0 Å². The third-order valence-corrected chi connectivity index (χ3v) is 2.81. The molecule has 1 aromatic carbocycles. The van der Waals surface area contributed by atoms with E-state index in [1.807, 2.05) is 6.07 Å². The number of hydrogen-bond acceptors (Lipinski definition) is 2. The lowest BCUT2D eigenvalue weighted by Crippen LogP contribution is -2.26. The van der Waals surface area contributed by atoms with Gasteiger partial charge in [-0.1, -0.05) is 18.6 Å². The van der Waals surface area contributed by atoms with E-state index in [1.54, 1.807) is 7.11 Å². The van der Waals surface area contributed by atoms with E-state index in [-0.39, 0.29) is 12.4 Å². The van der Waals surface area contributed by atoms with Crippen LogP contribution in [0.25, 0.3) is 0 Å². The van der Waals surface area contributed by atoms with Crippen LogP contribution in [0.15, 0.2) is 24.3 Å². The molecule has 1 aromatic rings. The highest BCUT2D eigenvalue weighted by molar-refractivity contribution is 5.85. The van der Waals surface area contributed by atoms with Crippen LogP contribution in [0.5, 0.6) is 5.75 Å². The van der Waals surface area contributed by atoms with Gasteiger partial charge in [-0.25, -0.2) is 0 Å². The summed E-state index contributed by atoms with van der Waals surface area (Å²) in [5.74, 6) is 0.954. The van der Waals surface area contributed by atoms with Crippen LogP contribution in [0.2, 0.25) is 0 Å². The number of methoxy groups -OCH3 is 1. The molecule has 15 heavy (non-hydrogen) atoms. The zero-order chi connectivity index (χ0) is 9.80. The standard InChI is InChI=1S/C12H17NO.ClH/c1-14-11-6-4-5-10(9-11)12-7-2-3-8-13-12;/h4-6,9,12-13H,2-3,7-8H2,1H3;1H/t12-;/m1./s1. The van der Waals surface area contributed by atoms with Crippen molar-refractivity contribution in [2.24, 2.45) is 0 Å². The van der Waals surface area contributed by atoms with E-state index in [4.69, 9.17) is 4.74 Å². The molecule has 0 radical (unpaired) electrons. The van der Waals surface area contributed by atoms with Crippen molar-refractivity contribution in [2.45, 2.75) is 25.3 Å². The normalized spacial score (nSPS) is 20.5. The summed E-state index contributed by atoms with van der Waals surface area (Å²) in [5, 5.41) is 3.53. The smallest absolute Gasteiger partial charge is 0.119 e. The molecule has 0 amide bonds. The van der Waals surface area contributed by atoms with Gasteiger partial charge in [0.05, 0.1) is 7.11 Å². The fourth-order valence-corrected chi connectivity index (χ4v) is 1.99. The molecule has 2 nitrogen and oxygen atoms in total. The molecule has 1 saturated heterocycles. The Labute approximate surface area is 97.4 Å². The molecule has 0 unspecified atom stereocenters. The van der Waals surface area contributed by atoms with Crippen molar-refractivity contribution in [3.8, 4) is 5.75 Å². The molecule has 1 aliphatic heterocycles. The largest absolute Gasteiger partial charge is 0.497 e. The first-order chi connectivity index (χ1) is 6.90. The van der Waals surface area contributed by atoms with E-state index in [0.29, 0.717) is 6.04 Å². The Balaban J connectivity index is 0.00000112. The van der Waals surface area contributed by atoms with Gasteiger partial charge >= 0.3 is 0 Å². The number of piperidine rings is 1. The van der Waals surface area contributed by atoms with Crippen molar-refractivity contribution in [1.29, 1.82) is 0 Å². The van der Waals surface area contributed by atoms with Gasteiger partial charge in [0.2, 0.25) is 0 Å². The summed E-state index contributed by atoms with van der Waals surface area (Å²) in [7, 11) is 1.72. The molecule has 1 heterocycles. The van der Waals surface area contributed by atoms with E-state index < -0.39 is 0 Å². The second kappa shape index (κ2) is 5.99. The minimum absolute atomic E-state index is 0. The summed E-state index contributed by atoms with van der Waals surface area (Å²) >= 11 is 0. The lowest BCUT2D eigenvalue weighted by molar-refractivity contribution is 0.400. The molecule has 0 spiro atoms. The lowest BCUT2D eigenvalue weighted by atomic mass is 9.97. The molecule has 1 N–H and O–H groups in total. The number of ether oxygens (including phenoxy) is 1.